The summed E-state index contributed by atoms with van der Waals surface area (Å²) in [6.07, 6.45) is 0.568. The minimum Gasteiger partial charge on any atom is -0.411 e. The number of carbonyl (C=O) groups excluding carboxylic acids is 4. The van der Waals surface area contributed by atoms with Crippen molar-refractivity contribution in [1.82, 2.24) is 25.1 Å². The summed E-state index contributed by atoms with van der Waals surface area (Å²) in [5.41, 5.74) is 7.04. The highest BCUT2D eigenvalue weighted by atomic mass is 35.5. The van der Waals surface area contributed by atoms with Gasteiger partial charge in [0.25, 0.3) is 0 Å². The molecule has 0 saturated carbocycles. The highest BCUT2D eigenvalue weighted by molar-refractivity contribution is 6.31. The molecule has 3 aromatic carbocycles. The van der Waals surface area contributed by atoms with Crippen LogP contribution >= 0.6 is 11.6 Å². The number of tetrazole rings is 1. The summed E-state index contributed by atoms with van der Waals surface area (Å²) in [6, 6.07) is 19.0. The van der Waals surface area contributed by atoms with Gasteiger partial charge in [-0.05, 0) is 58.5 Å². The Morgan fingerprint density at radius 1 is 0.976 bits per heavy atom. The first-order valence-corrected chi connectivity index (χ1v) is 12.7. The number of nitrogens with zero attached hydrogens (tertiary/aromatic N) is 6. The van der Waals surface area contributed by atoms with Gasteiger partial charge in [0.15, 0.2) is 0 Å². The fraction of sp³-hybridized carbons (Fsp3) is 0.148. The van der Waals surface area contributed by atoms with Crippen LogP contribution in [0.1, 0.15) is 5.56 Å². The first kappa shape index (κ1) is 27.3. The highest BCUT2D eigenvalue weighted by Gasteiger charge is 2.39. The van der Waals surface area contributed by atoms with Gasteiger partial charge >= 0.3 is 6.09 Å². The van der Waals surface area contributed by atoms with Crippen molar-refractivity contribution in [3.05, 3.63) is 89.7 Å². The lowest BCUT2D eigenvalue weighted by Gasteiger charge is -2.38. The largest absolute Gasteiger partial charge is 0.411 e. The lowest BCUT2D eigenvalue weighted by Crippen LogP contribution is -2.60. The molecule has 1 unspecified atom stereocenters. The number of ether oxygens (including phenoxy) is 1. The van der Waals surface area contributed by atoms with E-state index in [2.05, 4.69) is 20.8 Å². The molecule has 0 radical (unpaired) electrons. The molecule has 13 nitrogen and oxygen atoms in total. The maximum Gasteiger partial charge on any atom is 0.409 e. The number of hydrogen-bond donors (Lipinski definition) is 2. The third-order valence-corrected chi connectivity index (χ3v) is 6.57. The summed E-state index contributed by atoms with van der Waals surface area (Å²) >= 11 is 6.23. The predicted octanol–water partition coefficient (Wildman–Crippen LogP) is 2.20. The average molecular weight is 575 g/mol. The number of primary amides is 1. The molecule has 1 aliphatic heterocycles. The zero-order valence-electron chi connectivity index (χ0n) is 21.4. The molecule has 1 atom stereocenters. The smallest absolute Gasteiger partial charge is 0.409 e. The number of rotatable bonds is 8. The first-order chi connectivity index (χ1) is 19.8. The summed E-state index contributed by atoms with van der Waals surface area (Å²) in [6.45, 7) is -0.678. The minimum atomic E-state index is -1.00. The van der Waals surface area contributed by atoms with Gasteiger partial charge in [-0.15, -0.1) is 5.10 Å². The van der Waals surface area contributed by atoms with Gasteiger partial charge in [-0.3, -0.25) is 19.3 Å². The number of amides is 4. The second-order valence-corrected chi connectivity index (χ2v) is 9.47. The van der Waals surface area contributed by atoms with Gasteiger partial charge in [-0.1, -0.05) is 41.9 Å². The molecule has 14 heteroatoms. The molecule has 1 aromatic heterocycles. The Bertz CT molecular complexity index is 1580. The van der Waals surface area contributed by atoms with Gasteiger partial charge in [-0.2, -0.15) is 4.68 Å². The third-order valence-electron chi connectivity index (χ3n) is 6.34. The minimum absolute atomic E-state index is 0.168. The van der Waals surface area contributed by atoms with Crippen molar-refractivity contribution in [1.29, 1.82) is 0 Å². The average Bonchev–Trinajstić information content (AvgIpc) is 3.49. The van der Waals surface area contributed by atoms with Gasteiger partial charge in [0.1, 0.15) is 31.2 Å². The SMILES string of the molecule is NC(=O)Oc1ccc(NC(=O)C(Cc2ccccc2)N2CC(=O)N(c3cc(Cl)ccc3-n3cnnn3)CC2=O)cc1. The highest BCUT2D eigenvalue weighted by Crippen LogP contribution is 2.30. The van der Waals surface area contributed by atoms with Crippen LogP contribution in [-0.2, 0) is 20.8 Å². The van der Waals surface area contributed by atoms with Crippen LogP contribution in [0.4, 0.5) is 16.2 Å². The number of halogens is 1. The van der Waals surface area contributed by atoms with E-state index >= 15 is 0 Å². The second-order valence-electron chi connectivity index (χ2n) is 9.03. The molecule has 5 rings (SSSR count). The predicted molar refractivity (Wildman–Crippen MR) is 147 cm³/mol. The van der Waals surface area contributed by atoms with E-state index in [0.717, 1.165) is 5.56 Å². The lowest BCUT2D eigenvalue weighted by molar-refractivity contribution is -0.143. The molecule has 4 aromatic rings. The quantitative estimate of drug-likeness (QED) is 0.323. The van der Waals surface area contributed by atoms with Gasteiger partial charge in [0, 0.05) is 17.1 Å². The molecule has 41 heavy (non-hydrogen) atoms. The Balaban J connectivity index is 1.40. The number of benzene rings is 3. The molecule has 0 spiro atoms. The van der Waals surface area contributed by atoms with E-state index in [1.165, 1.54) is 45.1 Å². The molecule has 1 aliphatic rings. The van der Waals surface area contributed by atoms with Crippen molar-refractivity contribution >= 4 is 46.8 Å². The van der Waals surface area contributed by atoms with E-state index in [-0.39, 0.29) is 25.3 Å². The molecule has 0 aliphatic carbocycles. The number of aromatic nitrogens is 4. The number of carbonyl (C=O) groups is 4. The molecule has 0 bridgehead atoms. The third kappa shape index (κ3) is 6.31. The van der Waals surface area contributed by atoms with E-state index in [4.69, 9.17) is 22.1 Å². The summed E-state index contributed by atoms with van der Waals surface area (Å²) in [5.74, 6) is -1.15. The zero-order chi connectivity index (χ0) is 28.9. The molecule has 4 amide bonds. The van der Waals surface area contributed by atoms with E-state index in [9.17, 15) is 19.2 Å². The molecule has 1 saturated heterocycles. The summed E-state index contributed by atoms with van der Waals surface area (Å²) in [7, 11) is 0. The van der Waals surface area contributed by atoms with Crippen LogP contribution in [-0.4, -0.2) is 68.1 Å². The molecular weight excluding hydrogens is 552 g/mol. The second kappa shape index (κ2) is 11.8. The summed E-state index contributed by atoms with van der Waals surface area (Å²) in [5, 5.41) is 14.3. The van der Waals surface area contributed by atoms with Gasteiger partial charge in [0.05, 0.1) is 11.4 Å². The van der Waals surface area contributed by atoms with Crippen molar-refractivity contribution in [3.8, 4) is 11.4 Å². The van der Waals surface area contributed by atoms with Gasteiger partial charge in [0.2, 0.25) is 17.7 Å². The van der Waals surface area contributed by atoms with E-state index in [1.54, 1.807) is 18.2 Å². The van der Waals surface area contributed by atoms with Crippen LogP contribution in [0.15, 0.2) is 79.1 Å². The van der Waals surface area contributed by atoms with Crippen molar-refractivity contribution in [2.45, 2.75) is 12.5 Å². The summed E-state index contributed by atoms with van der Waals surface area (Å²) < 4.78 is 6.18. The Labute approximate surface area is 238 Å². The van der Waals surface area contributed by atoms with Crippen LogP contribution < -0.4 is 20.7 Å². The van der Waals surface area contributed by atoms with Gasteiger partial charge in [-0.25, -0.2) is 4.79 Å². The van der Waals surface area contributed by atoms with Crippen LogP contribution in [0.25, 0.3) is 5.69 Å². The van der Waals surface area contributed by atoms with Crippen LogP contribution in [0.5, 0.6) is 5.75 Å². The lowest BCUT2D eigenvalue weighted by atomic mass is 10.0. The van der Waals surface area contributed by atoms with Crippen molar-refractivity contribution in [2.75, 3.05) is 23.3 Å². The Hall–Kier alpha value is -5.30. The van der Waals surface area contributed by atoms with Gasteiger partial charge < -0.3 is 20.7 Å². The fourth-order valence-corrected chi connectivity index (χ4v) is 4.61. The Morgan fingerprint density at radius 2 is 1.73 bits per heavy atom. The topological polar surface area (TPSA) is 166 Å². The van der Waals surface area contributed by atoms with Crippen LogP contribution in [0, 0.1) is 0 Å². The monoisotopic (exact) mass is 574 g/mol. The first-order valence-electron chi connectivity index (χ1n) is 12.3. The van der Waals surface area contributed by atoms with E-state index in [1.807, 2.05) is 30.3 Å². The molecular formula is C27H23ClN8O5. The molecule has 1 fully saturated rings. The molecule has 2 heterocycles. The normalized spacial score (nSPS) is 14.1. The Kier molecular flexibility index (Phi) is 7.87. The fourth-order valence-electron chi connectivity index (χ4n) is 4.45. The van der Waals surface area contributed by atoms with Crippen molar-refractivity contribution in [3.63, 3.8) is 0 Å². The molecule has 3 N–H and O–H groups in total. The Morgan fingerprint density at radius 3 is 2.41 bits per heavy atom. The standard InChI is InChI=1S/C27H23ClN8O5/c28-18-6-11-21(36-16-30-32-33-36)22(13-18)34-14-25(38)35(15-24(34)37)23(12-17-4-2-1-3-5-17)26(39)31-19-7-9-20(10-8-19)41-27(29)40/h1-11,13,16,23H,12,14-15H2,(H2,29,40)(H,31,39). The maximum atomic E-state index is 13.6. The van der Waals surface area contributed by atoms with Crippen molar-refractivity contribution in [2.24, 2.45) is 5.73 Å². The molecule has 208 valence electrons. The van der Waals surface area contributed by atoms with Crippen LogP contribution in [0.2, 0.25) is 5.02 Å². The van der Waals surface area contributed by atoms with E-state index in [0.29, 0.717) is 22.1 Å². The maximum absolute atomic E-state index is 13.6. The summed E-state index contributed by atoms with van der Waals surface area (Å²) in [4.78, 5) is 54.2. The number of anilines is 2. The number of piperazine rings is 1. The van der Waals surface area contributed by atoms with E-state index < -0.39 is 29.9 Å². The van der Waals surface area contributed by atoms with Crippen LogP contribution in [0.3, 0.4) is 0 Å². The number of nitrogens with one attached hydrogen (secondary N) is 1. The number of nitrogens with two attached hydrogens (primary N) is 1. The number of hydrogen-bond acceptors (Lipinski definition) is 8. The van der Waals surface area contributed by atoms with Crippen molar-refractivity contribution < 1.29 is 23.9 Å². The zero-order valence-corrected chi connectivity index (χ0v) is 22.1.